The Hall–Kier alpha value is -3.55. The van der Waals surface area contributed by atoms with Crippen molar-refractivity contribution in [1.82, 2.24) is 19.6 Å². The summed E-state index contributed by atoms with van der Waals surface area (Å²) >= 11 is 0. The summed E-state index contributed by atoms with van der Waals surface area (Å²) in [6, 6.07) is 12.2. The third-order valence-electron chi connectivity index (χ3n) is 3.67. The lowest BCUT2D eigenvalue weighted by atomic mass is 10.2. The topological polar surface area (TPSA) is 105 Å². The highest BCUT2D eigenvalue weighted by molar-refractivity contribution is 5.93. The number of benzene rings is 2. The summed E-state index contributed by atoms with van der Waals surface area (Å²) in [6.07, 6.45) is 0. The van der Waals surface area contributed by atoms with Crippen LogP contribution in [0.15, 0.2) is 42.5 Å². The van der Waals surface area contributed by atoms with Crippen LogP contribution in [0.4, 0.5) is 11.6 Å². The molecule has 120 valence electrons. The van der Waals surface area contributed by atoms with Gasteiger partial charge in [0.2, 0.25) is 5.95 Å². The molecule has 0 radical (unpaired) electrons. The van der Waals surface area contributed by atoms with E-state index in [0.29, 0.717) is 23.0 Å². The van der Waals surface area contributed by atoms with Gasteiger partial charge in [0.25, 0.3) is 5.78 Å². The minimum Gasteiger partial charge on any atom is -0.495 e. The fourth-order valence-corrected chi connectivity index (χ4v) is 2.55. The van der Waals surface area contributed by atoms with Crippen molar-refractivity contribution < 1.29 is 14.6 Å². The first-order valence-corrected chi connectivity index (χ1v) is 7.17. The van der Waals surface area contributed by atoms with Crippen molar-refractivity contribution in [3.63, 3.8) is 0 Å². The first-order chi connectivity index (χ1) is 11.7. The fraction of sp³-hybridized carbons (Fsp3) is 0.0625. The monoisotopic (exact) mass is 323 g/mol. The molecular formula is C16H13N5O3. The second-order valence-electron chi connectivity index (χ2n) is 5.15. The molecule has 0 aliphatic rings. The van der Waals surface area contributed by atoms with Crippen LogP contribution < -0.4 is 10.1 Å². The van der Waals surface area contributed by atoms with Gasteiger partial charge in [-0.25, -0.2) is 14.3 Å². The predicted octanol–water partition coefficient (Wildman–Crippen LogP) is 2.66. The summed E-state index contributed by atoms with van der Waals surface area (Å²) in [6.45, 7) is 0. The number of para-hydroxylation sites is 2. The Labute approximate surface area is 135 Å². The zero-order valence-corrected chi connectivity index (χ0v) is 12.6. The summed E-state index contributed by atoms with van der Waals surface area (Å²) in [5, 5.41) is 15.3. The molecular weight excluding hydrogens is 310 g/mol. The molecule has 0 unspecified atom stereocenters. The number of aromatic nitrogens is 4. The molecule has 4 aromatic rings. The van der Waals surface area contributed by atoms with Gasteiger partial charge in [0.15, 0.2) is 0 Å². The first kappa shape index (κ1) is 14.1. The van der Waals surface area contributed by atoms with Gasteiger partial charge < -0.3 is 15.2 Å². The van der Waals surface area contributed by atoms with Gasteiger partial charge in [-0.15, -0.1) is 0 Å². The molecule has 2 aromatic heterocycles. The van der Waals surface area contributed by atoms with Crippen LogP contribution in [-0.2, 0) is 0 Å². The zero-order chi connectivity index (χ0) is 16.7. The van der Waals surface area contributed by atoms with E-state index in [-0.39, 0.29) is 5.56 Å². The van der Waals surface area contributed by atoms with Crippen LogP contribution in [0.3, 0.4) is 0 Å². The van der Waals surface area contributed by atoms with E-state index in [1.807, 2.05) is 24.3 Å². The standard InChI is InChI=1S/C16H13N5O3/c1-24-13-5-3-2-4-10(13)17-15-19-16-18-11-8-9(14(22)23)6-7-12(11)21(16)20-15/h2-8H,1H3,(H,22,23)(H2,17,18,19,20). The molecule has 0 aliphatic carbocycles. The number of hydrogen-bond donors (Lipinski definition) is 3. The number of hydrogen-bond acceptors (Lipinski definition) is 5. The predicted molar refractivity (Wildman–Crippen MR) is 88.1 cm³/mol. The first-order valence-electron chi connectivity index (χ1n) is 7.17. The van der Waals surface area contributed by atoms with E-state index in [4.69, 9.17) is 9.84 Å². The summed E-state index contributed by atoms with van der Waals surface area (Å²) < 4.78 is 6.99. The van der Waals surface area contributed by atoms with Crippen LogP contribution >= 0.6 is 0 Å². The Morgan fingerprint density at radius 3 is 2.88 bits per heavy atom. The average molecular weight is 323 g/mol. The summed E-state index contributed by atoms with van der Waals surface area (Å²) in [7, 11) is 1.60. The molecule has 8 heteroatoms. The molecule has 0 fully saturated rings. The number of carboxylic acid groups (broad SMARTS) is 1. The molecule has 0 spiro atoms. The lowest BCUT2D eigenvalue weighted by Gasteiger charge is -2.07. The van der Waals surface area contributed by atoms with E-state index in [1.54, 1.807) is 17.7 Å². The Morgan fingerprint density at radius 2 is 2.08 bits per heavy atom. The normalized spacial score (nSPS) is 11.0. The Morgan fingerprint density at radius 1 is 1.25 bits per heavy atom. The van der Waals surface area contributed by atoms with Crippen molar-refractivity contribution in [3.05, 3.63) is 48.0 Å². The number of anilines is 2. The molecule has 0 bridgehead atoms. The maximum absolute atomic E-state index is 11.0. The second kappa shape index (κ2) is 5.27. The van der Waals surface area contributed by atoms with E-state index in [1.165, 1.54) is 12.1 Å². The summed E-state index contributed by atoms with van der Waals surface area (Å²) in [5.41, 5.74) is 2.28. The summed E-state index contributed by atoms with van der Waals surface area (Å²) in [5.74, 6) is 0.665. The Bertz CT molecular complexity index is 1070. The number of aromatic carboxylic acids is 1. The molecule has 0 atom stereocenters. The number of ether oxygens (including phenoxy) is 1. The molecule has 0 saturated heterocycles. The number of aromatic amines is 1. The van der Waals surface area contributed by atoms with E-state index in [2.05, 4.69) is 20.4 Å². The number of H-pyrrole nitrogens is 1. The highest BCUT2D eigenvalue weighted by Gasteiger charge is 2.13. The average Bonchev–Trinajstić information content (AvgIpc) is 3.11. The molecule has 2 heterocycles. The van der Waals surface area contributed by atoms with Crippen LogP contribution in [0.5, 0.6) is 5.75 Å². The zero-order valence-electron chi connectivity index (χ0n) is 12.6. The van der Waals surface area contributed by atoms with Gasteiger partial charge in [-0.1, -0.05) is 12.1 Å². The van der Waals surface area contributed by atoms with Gasteiger partial charge in [-0.2, -0.15) is 4.98 Å². The van der Waals surface area contributed by atoms with Crippen molar-refractivity contribution in [2.24, 2.45) is 0 Å². The Kier molecular flexibility index (Phi) is 3.09. The smallest absolute Gasteiger partial charge is 0.335 e. The molecule has 4 rings (SSSR count). The van der Waals surface area contributed by atoms with Crippen molar-refractivity contribution >= 4 is 34.4 Å². The minimum absolute atomic E-state index is 0.190. The van der Waals surface area contributed by atoms with Crippen LogP contribution in [0, 0.1) is 0 Å². The number of imidazole rings is 1. The minimum atomic E-state index is -0.986. The number of methoxy groups -OCH3 is 1. The summed E-state index contributed by atoms with van der Waals surface area (Å²) in [4.78, 5) is 19.8. The van der Waals surface area contributed by atoms with Crippen LogP contribution in [0.25, 0.3) is 16.8 Å². The van der Waals surface area contributed by atoms with Gasteiger partial charge in [0, 0.05) is 0 Å². The van der Waals surface area contributed by atoms with E-state index in [0.717, 1.165) is 11.2 Å². The Balaban J connectivity index is 1.75. The quantitative estimate of drug-likeness (QED) is 0.533. The molecule has 0 amide bonds. The second-order valence-corrected chi connectivity index (χ2v) is 5.15. The van der Waals surface area contributed by atoms with Gasteiger partial charge in [-0.3, -0.25) is 5.10 Å². The number of rotatable bonds is 4. The largest absolute Gasteiger partial charge is 0.495 e. The van der Waals surface area contributed by atoms with Crippen LogP contribution in [-0.4, -0.2) is 37.8 Å². The number of fused-ring (bicyclic) bond motifs is 3. The molecule has 24 heavy (non-hydrogen) atoms. The van der Waals surface area contributed by atoms with Crippen molar-refractivity contribution in [2.75, 3.05) is 12.4 Å². The van der Waals surface area contributed by atoms with Crippen LogP contribution in [0.1, 0.15) is 10.4 Å². The van der Waals surface area contributed by atoms with E-state index in [9.17, 15) is 4.79 Å². The molecule has 2 aromatic carbocycles. The van der Waals surface area contributed by atoms with E-state index >= 15 is 0 Å². The molecule has 8 nitrogen and oxygen atoms in total. The van der Waals surface area contributed by atoms with Gasteiger partial charge in [-0.05, 0) is 30.3 Å². The fourth-order valence-electron chi connectivity index (χ4n) is 2.55. The number of nitrogens with one attached hydrogen (secondary N) is 2. The van der Waals surface area contributed by atoms with Crippen molar-refractivity contribution in [3.8, 4) is 5.75 Å². The van der Waals surface area contributed by atoms with Crippen molar-refractivity contribution in [2.45, 2.75) is 0 Å². The third-order valence-corrected chi connectivity index (χ3v) is 3.67. The maximum Gasteiger partial charge on any atom is 0.335 e. The molecule has 3 N–H and O–H groups in total. The van der Waals surface area contributed by atoms with E-state index < -0.39 is 5.97 Å². The maximum atomic E-state index is 11.0. The van der Waals surface area contributed by atoms with Crippen LogP contribution in [0.2, 0.25) is 0 Å². The molecule has 0 saturated carbocycles. The van der Waals surface area contributed by atoms with Gasteiger partial charge in [0.05, 0.1) is 29.4 Å². The lowest BCUT2D eigenvalue weighted by Crippen LogP contribution is -1.97. The third kappa shape index (κ3) is 2.21. The SMILES string of the molecule is COc1ccccc1Nc1nc2nc3cc(C(=O)O)ccc3n2[nH]1. The molecule has 0 aliphatic heterocycles. The number of carboxylic acids is 1. The number of nitrogens with zero attached hydrogens (tertiary/aromatic N) is 3. The van der Waals surface area contributed by atoms with Gasteiger partial charge >= 0.3 is 5.97 Å². The highest BCUT2D eigenvalue weighted by atomic mass is 16.5. The highest BCUT2D eigenvalue weighted by Crippen LogP contribution is 2.26. The lowest BCUT2D eigenvalue weighted by molar-refractivity contribution is 0.0697. The van der Waals surface area contributed by atoms with Crippen molar-refractivity contribution in [1.29, 1.82) is 0 Å². The number of carbonyl (C=O) groups is 1. The van der Waals surface area contributed by atoms with Gasteiger partial charge in [0.1, 0.15) is 5.75 Å².